The van der Waals surface area contributed by atoms with Crippen LogP contribution >= 0.6 is 11.6 Å². The van der Waals surface area contributed by atoms with E-state index in [1.54, 1.807) is 48.5 Å². The number of para-hydroxylation sites is 2. The molecular formula is C39H47ClN4O5. The number of nitrogens with zero attached hydrogens (tertiary/aromatic N) is 1. The summed E-state index contributed by atoms with van der Waals surface area (Å²) in [6.07, 6.45) is 11.2. The second kappa shape index (κ2) is 17.7. The number of fused-ring (bicyclic) bond motifs is 1. The summed E-state index contributed by atoms with van der Waals surface area (Å²) in [6, 6.07) is 16.9. The third kappa shape index (κ3) is 9.99. The zero-order valence-electron chi connectivity index (χ0n) is 28.7. The van der Waals surface area contributed by atoms with E-state index < -0.39 is 23.3 Å². The minimum atomic E-state index is -0.902. The number of phenolic OH excluding ortho intramolecular Hbond substituents is 1. The normalized spacial score (nSPS) is 13.8. The Morgan fingerprint density at radius 2 is 1.59 bits per heavy atom. The largest absolute Gasteiger partial charge is 0.505 e. The summed E-state index contributed by atoms with van der Waals surface area (Å²) in [5, 5.41) is 29.3. The monoisotopic (exact) mass is 686 g/mol. The minimum absolute atomic E-state index is 0.0781. The lowest BCUT2D eigenvalue weighted by molar-refractivity contribution is -0.123. The molecule has 1 heterocycles. The molecule has 1 unspecified atom stereocenters. The van der Waals surface area contributed by atoms with Crippen molar-refractivity contribution in [3.05, 3.63) is 76.3 Å². The van der Waals surface area contributed by atoms with Gasteiger partial charge in [-0.3, -0.25) is 14.4 Å². The number of ether oxygens (including phenoxy) is 1. The first-order valence-corrected chi connectivity index (χ1v) is 17.7. The highest BCUT2D eigenvalue weighted by Gasteiger charge is 2.37. The van der Waals surface area contributed by atoms with Crippen molar-refractivity contribution in [2.45, 2.75) is 109 Å². The van der Waals surface area contributed by atoms with Crippen molar-refractivity contribution in [2.75, 3.05) is 16.0 Å². The first-order chi connectivity index (χ1) is 23.6. The number of phenols is 1. The van der Waals surface area contributed by atoms with Gasteiger partial charge in [0.25, 0.3) is 11.8 Å². The number of hydrogen-bond donors (Lipinski definition) is 4. The summed E-state index contributed by atoms with van der Waals surface area (Å²) in [5.74, 6) is -1.11. The number of anilines is 3. The number of carbonyl (C=O) groups is 3. The number of unbranched alkanes of at least 4 members (excludes halogenated alkanes) is 9. The molecule has 49 heavy (non-hydrogen) atoms. The third-order valence-corrected chi connectivity index (χ3v) is 9.16. The fourth-order valence-electron chi connectivity index (χ4n) is 6.26. The van der Waals surface area contributed by atoms with E-state index in [0.29, 0.717) is 29.0 Å². The molecule has 4 rings (SSSR count). The fraction of sp³-hybridized carbons (Fsp3) is 0.436. The Labute approximate surface area is 294 Å². The number of nitriles is 1. The number of amides is 3. The molecule has 9 nitrogen and oxygen atoms in total. The van der Waals surface area contributed by atoms with Crippen LogP contribution in [-0.4, -0.2) is 28.9 Å². The molecule has 0 aromatic heterocycles. The van der Waals surface area contributed by atoms with Gasteiger partial charge >= 0.3 is 0 Å². The zero-order valence-corrected chi connectivity index (χ0v) is 29.4. The molecule has 1 atom stereocenters. The highest BCUT2D eigenvalue weighted by atomic mass is 35.5. The molecule has 0 saturated heterocycles. The van der Waals surface area contributed by atoms with Crippen LogP contribution in [0.15, 0.2) is 54.6 Å². The van der Waals surface area contributed by atoms with E-state index in [1.807, 2.05) is 13.8 Å². The van der Waals surface area contributed by atoms with Crippen molar-refractivity contribution >= 4 is 46.4 Å². The fourth-order valence-corrected chi connectivity index (χ4v) is 6.51. The molecule has 3 aromatic carbocycles. The molecule has 1 aliphatic heterocycles. The highest BCUT2D eigenvalue weighted by molar-refractivity contribution is 6.35. The summed E-state index contributed by atoms with van der Waals surface area (Å²) < 4.78 is 6.15. The van der Waals surface area contributed by atoms with Crippen molar-refractivity contribution in [1.29, 1.82) is 5.26 Å². The van der Waals surface area contributed by atoms with E-state index in [4.69, 9.17) is 16.3 Å². The van der Waals surface area contributed by atoms with Gasteiger partial charge in [0.05, 0.1) is 33.2 Å². The van der Waals surface area contributed by atoms with Crippen LogP contribution in [0.5, 0.6) is 11.5 Å². The van der Waals surface area contributed by atoms with Gasteiger partial charge in [0, 0.05) is 17.4 Å². The van der Waals surface area contributed by atoms with Crippen LogP contribution < -0.4 is 20.7 Å². The van der Waals surface area contributed by atoms with Gasteiger partial charge < -0.3 is 25.8 Å². The molecule has 260 valence electrons. The maximum atomic E-state index is 13.8. The first-order valence-electron chi connectivity index (χ1n) is 17.3. The standard InChI is InChI=1S/C39H47ClN4O5/c1-4-5-6-7-8-9-10-11-12-13-22-32(49-31-21-17-14-18-26(31)25-41)38(48)42-29-20-16-15-19-27(29)37(47)43-30-23-28(40)35-34(36(30)46)39(2,3)24-33(45)44-35/h14-21,23,32,46H,4-13,22,24H2,1-3H3,(H,42,48)(H,43,47)(H,44,45). The van der Waals surface area contributed by atoms with Crippen LogP contribution in [0, 0.1) is 11.3 Å². The Morgan fingerprint density at radius 3 is 2.29 bits per heavy atom. The number of benzene rings is 3. The zero-order chi connectivity index (χ0) is 35.4. The Bertz CT molecular complexity index is 1680. The number of hydrogen-bond acceptors (Lipinski definition) is 6. The van der Waals surface area contributed by atoms with Crippen LogP contribution in [-0.2, 0) is 15.0 Å². The maximum Gasteiger partial charge on any atom is 0.265 e. The first kappa shape index (κ1) is 37.3. The third-order valence-electron chi connectivity index (χ3n) is 8.86. The average molecular weight is 687 g/mol. The van der Waals surface area contributed by atoms with Gasteiger partial charge in [0.1, 0.15) is 17.6 Å². The van der Waals surface area contributed by atoms with Crippen molar-refractivity contribution in [3.8, 4) is 17.6 Å². The van der Waals surface area contributed by atoms with Crippen LogP contribution in [0.25, 0.3) is 0 Å². The average Bonchev–Trinajstić information content (AvgIpc) is 3.07. The van der Waals surface area contributed by atoms with Gasteiger partial charge in [0.15, 0.2) is 6.10 Å². The molecule has 0 aliphatic carbocycles. The van der Waals surface area contributed by atoms with E-state index in [0.717, 1.165) is 25.7 Å². The molecule has 1 aliphatic rings. The van der Waals surface area contributed by atoms with E-state index in [9.17, 15) is 24.8 Å². The van der Waals surface area contributed by atoms with E-state index in [-0.39, 0.29) is 40.0 Å². The van der Waals surface area contributed by atoms with Crippen LogP contribution in [0.3, 0.4) is 0 Å². The second-order valence-electron chi connectivity index (χ2n) is 13.3. The van der Waals surface area contributed by atoms with Gasteiger partial charge in [0.2, 0.25) is 5.91 Å². The number of aromatic hydroxyl groups is 1. The predicted octanol–water partition coefficient (Wildman–Crippen LogP) is 9.49. The van der Waals surface area contributed by atoms with Crippen molar-refractivity contribution in [2.24, 2.45) is 0 Å². The number of carbonyl (C=O) groups excluding carboxylic acids is 3. The SMILES string of the molecule is CCCCCCCCCCCCC(Oc1ccccc1C#N)C(=O)Nc1ccccc1C(=O)Nc1cc(Cl)c2c(c1O)C(C)(C)CC(=O)N2. The molecule has 10 heteroatoms. The number of halogens is 1. The quantitative estimate of drug-likeness (QED) is 0.0823. The molecule has 0 radical (unpaired) electrons. The Morgan fingerprint density at radius 1 is 0.959 bits per heavy atom. The van der Waals surface area contributed by atoms with E-state index in [2.05, 4.69) is 28.9 Å². The predicted molar refractivity (Wildman–Crippen MR) is 194 cm³/mol. The van der Waals surface area contributed by atoms with Crippen molar-refractivity contribution in [1.82, 2.24) is 0 Å². The van der Waals surface area contributed by atoms with Gasteiger partial charge in [-0.2, -0.15) is 5.26 Å². The van der Waals surface area contributed by atoms with E-state index >= 15 is 0 Å². The molecule has 3 aromatic rings. The summed E-state index contributed by atoms with van der Waals surface area (Å²) in [4.78, 5) is 39.6. The van der Waals surface area contributed by atoms with Crippen molar-refractivity contribution in [3.63, 3.8) is 0 Å². The Hall–Kier alpha value is -4.55. The lowest BCUT2D eigenvalue weighted by Gasteiger charge is -2.34. The summed E-state index contributed by atoms with van der Waals surface area (Å²) in [7, 11) is 0. The summed E-state index contributed by atoms with van der Waals surface area (Å²) in [6.45, 7) is 5.86. The van der Waals surface area contributed by atoms with Gasteiger partial charge in [-0.25, -0.2) is 0 Å². The smallest absolute Gasteiger partial charge is 0.265 e. The number of rotatable bonds is 17. The number of nitrogens with one attached hydrogen (secondary N) is 3. The molecule has 4 N–H and O–H groups in total. The van der Waals surface area contributed by atoms with Crippen LogP contribution in [0.2, 0.25) is 5.02 Å². The summed E-state index contributed by atoms with van der Waals surface area (Å²) >= 11 is 6.50. The van der Waals surface area contributed by atoms with Crippen LogP contribution in [0.4, 0.5) is 17.1 Å². The molecule has 0 bridgehead atoms. The molecule has 0 saturated carbocycles. The Kier molecular flexibility index (Phi) is 13.5. The second-order valence-corrected chi connectivity index (χ2v) is 13.7. The molecule has 3 amide bonds. The molecule has 0 spiro atoms. The maximum absolute atomic E-state index is 13.8. The van der Waals surface area contributed by atoms with Crippen molar-refractivity contribution < 1.29 is 24.2 Å². The Balaban J connectivity index is 1.47. The highest BCUT2D eigenvalue weighted by Crippen LogP contribution is 2.49. The van der Waals surface area contributed by atoms with Gasteiger partial charge in [-0.15, -0.1) is 0 Å². The lowest BCUT2D eigenvalue weighted by Crippen LogP contribution is -2.34. The lowest BCUT2D eigenvalue weighted by atomic mass is 9.77. The van der Waals surface area contributed by atoms with Gasteiger partial charge in [-0.1, -0.05) is 114 Å². The molecule has 0 fully saturated rings. The summed E-state index contributed by atoms with van der Waals surface area (Å²) in [5.41, 5.74) is 0.839. The molecular weight excluding hydrogens is 640 g/mol. The minimum Gasteiger partial charge on any atom is -0.505 e. The van der Waals surface area contributed by atoms with Crippen LogP contribution in [0.1, 0.15) is 119 Å². The van der Waals surface area contributed by atoms with Gasteiger partial charge in [-0.05, 0) is 43.2 Å². The van der Waals surface area contributed by atoms with E-state index in [1.165, 1.54) is 44.6 Å². The topological polar surface area (TPSA) is 141 Å².